The monoisotopic (exact) mass is 258 g/mol. The van der Waals surface area contributed by atoms with Gasteiger partial charge < -0.3 is 4.74 Å². The molecule has 1 aliphatic carbocycles. The first-order valence-corrected chi connectivity index (χ1v) is 6.77. The van der Waals surface area contributed by atoms with Crippen LogP contribution in [-0.2, 0) is 9.53 Å². The first-order valence-electron chi connectivity index (χ1n) is 6.77. The highest BCUT2D eigenvalue weighted by atomic mass is 16.5. The van der Waals surface area contributed by atoms with Crippen molar-refractivity contribution < 1.29 is 14.3 Å². The summed E-state index contributed by atoms with van der Waals surface area (Å²) in [6.07, 6.45) is 0.448. The van der Waals surface area contributed by atoms with Crippen LogP contribution in [0.2, 0.25) is 0 Å². The van der Waals surface area contributed by atoms with Crippen molar-refractivity contribution in [1.82, 2.24) is 0 Å². The lowest BCUT2D eigenvalue weighted by molar-refractivity contribution is -0.173. The Morgan fingerprint density at radius 1 is 1.21 bits per heavy atom. The number of ketones is 2. The maximum Gasteiger partial charge on any atom is 0.229 e. The maximum absolute atomic E-state index is 12.2. The number of ether oxygens (including phenoxy) is 1. The Kier molecular flexibility index (Phi) is 2.65. The molecule has 3 rings (SSSR count). The fourth-order valence-corrected chi connectivity index (χ4v) is 3.09. The molecule has 0 saturated carbocycles. The van der Waals surface area contributed by atoms with E-state index in [4.69, 9.17) is 4.74 Å². The molecule has 3 heteroatoms. The molecule has 19 heavy (non-hydrogen) atoms. The topological polar surface area (TPSA) is 43.4 Å². The van der Waals surface area contributed by atoms with Crippen molar-refractivity contribution >= 4 is 11.6 Å². The zero-order chi connectivity index (χ0) is 13.8. The second kappa shape index (κ2) is 4.01. The molecule has 3 unspecified atom stereocenters. The molecule has 0 radical (unpaired) electrons. The number of benzene rings is 1. The lowest BCUT2D eigenvalue weighted by atomic mass is 9.70. The van der Waals surface area contributed by atoms with E-state index in [-0.39, 0.29) is 35.1 Å². The first kappa shape index (κ1) is 12.5. The van der Waals surface area contributed by atoms with Gasteiger partial charge in [0.15, 0.2) is 0 Å². The van der Waals surface area contributed by atoms with Gasteiger partial charge in [0.2, 0.25) is 11.6 Å². The summed E-state index contributed by atoms with van der Waals surface area (Å²) in [6, 6.07) is 7.32. The fraction of sp³-hybridized carbons (Fsp3) is 0.500. The van der Waals surface area contributed by atoms with Gasteiger partial charge in [-0.3, -0.25) is 9.59 Å². The van der Waals surface area contributed by atoms with Gasteiger partial charge in [0.05, 0.1) is 17.6 Å². The number of rotatable bonds is 0. The van der Waals surface area contributed by atoms with Crippen LogP contribution in [0.3, 0.4) is 0 Å². The molecular formula is C16H18O3. The molecule has 0 amide bonds. The summed E-state index contributed by atoms with van der Waals surface area (Å²) in [4.78, 5) is 24.4. The van der Waals surface area contributed by atoms with E-state index in [0.29, 0.717) is 5.56 Å². The Labute approximate surface area is 113 Å². The number of hydrogen-bond acceptors (Lipinski definition) is 3. The Hall–Kier alpha value is -1.48. The highest BCUT2D eigenvalue weighted by Gasteiger charge is 2.49. The van der Waals surface area contributed by atoms with Gasteiger partial charge in [-0.25, -0.2) is 0 Å². The smallest absolute Gasteiger partial charge is 0.229 e. The number of fused-ring (bicyclic) bond motifs is 3. The highest BCUT2D eigenvalue weighted by Crippen LogP contribution is 2.47. The number of carbonyl (C=O) groups excluding carboxylic acids is 2. The van der Waals surface area contributed by atoms with Gasteiger partial charge in [-0.15, -0.1) is 0 Å². The van der Waals surface area contributed by atoms with E-state index in [1.165, 1.54) is 0 Å². The van der Waals surface area contributed by atoms with Crippen LogP contribution >= 0.6 is 0 Å². The van der Waals surface area contributed by atoms with Crippen molar-refractivity contribution in [1.29, 1.82) is 0 Å². The third kappa shape index (κ3) is 1.76. The van der Waals surface area contributed by atoms with E-state index in [0.717, 1.165) is 12.0 Å². The van der Waals surface area contributed by atoms with Crippen LogP contribution in [0.4, 0.5) is 0 Å². The molecule has 1 aliphatic heterocycles. The lowest BCUT2D eigenvalue weighted by Crippen LogP contribution is -2.48. The predicted octanol–water partition coefficient (Wildman–Crippen LogP) is 2.94. The minimum absolute atomic E-state index is 0.260. The van der Waals surface area contributed by atoms with Gasteiger partial charge in [0.25, 0.3) is 0 Å². The van der Waals surface area contributed by atoms with E-state index in [2.05, 4.69) is 20.8 Å². The van der Waals surface area contributed by atoms with E-state index >= 15 is 0 Å². The molecule has 0 N–H and O–H groups in total. The minimum atomic E-state index is -0.354. The minimum Gasteiger partial charge on any atom is -0.367 e. The fourth-order valence-electron chi connectivity index (χ4n) is 3.09. The number of hydrogen-bond donors (Lipinski definition) is 0. The van der Waals surface area contributed by atoms with Gasteiger partial charge in [-0.2, -0.15) is 0 Å². The van der Waals surface area contributed by atoms with E-state index in [1.807, 2.05) is 12.1 Å². The van der Waals surface area contributed by atoms with Gasteiger partial charge >= 0.3 is 0 Å². The van der Waals surface area contributed by atoms with Crippen molar-refractivity contribution in [3.05, 3.63) is 35.4 Å². The molecule has 100 valence electrons. The van der Waals surface area contributed by atoms with Crippen molar-refractivity contribution in [3.63, 3.8) is 0 Å². The Morgan fingerprint density at radius 2 is 1.89 bits per heavy atom. The second-order valence-electron chi connectivity index (χ2n) is 6.17. The summed E-state index contributed by atoms with van der Waals surface area (Å²) in [5, 5.41) is 0. The molecular weight excluding hydrogens is 240 g/mol. The summed E-state index contributed by atoms with van der Waals surface area (Å²) in [6.45, 7) is 6.18. The van der Waals surface area contributed by atoms with Gasteiger partial charge in [-0.05, 0) is 31.7 Å². The predicted molar refractivity (Wildman–Crippen MR) is 71.0 cm³/mol. The summed E-state index contributed by atoms with van der Waals surface area (Å²) >= 11 is 0. The van der Waals surface area contributed by atoms with Crippen molar-refractivity contribution in [2.45, 2.75) is 38.9 Å². The molecule has 3 nitrogen and oxygen atoms in total. The molecule has 1 aromatic rings. The van der Waals surface area contributed by atoms with E-state index in [1.54, 1.807) is 12.1 Å². The maximum atomic E-state index is 12.2. The van der Waals surface area contributed by atoms with Gasteiger partial charge in [-0.1, -0.05) is 31.2 Å². The molecule has 1 saturated heterocycles. The Balaban J connectivity index is 2.11. The second-order valence-corrected chi connectivity index (χ2v) is 6.17. The molecule has 1 aromatic carbocycles. The summed E-state index contributed by atoms with van der Waals surface area (Å²) in [5.41, 5.74) is 1.12. The zero-order valence-electron chi connectivity index (χ0n) is 11.5. The third-order valence-electron chi connectivity index (χ3n) is 4.66. The van der Waals surface area contributed by atoms with Crippen LogP contribution in [-0.4, -0.2) is 17.2 Å². The zero-order valence-corrected chi connectivity index (χ0v) is 11.5. The molecule has 1 fully saturated rings. The number of Topliss-reactive ketones (excluding diaryl/α,β-unsaturated/α-hetero) is 2. The van der Waals surface area contributed by atoms with E-state index < -0.39 is 0 Å². The van der Waals surface area contributed by atoms with Gasteiger partial charge in [0, 0.05) is 5.56 Å². The van der Waals surface area contributed by atoms with Crippen LogP contribution in [0.5, 0.6) is 0 Å². The molecule has 3 atom stereocenters. The quantitative estimate of drug-likeness (QED) is 0.672. The van der Waals surface area contributed by atoms with Crippen LogP contribution in [0.25, 0.3) is 0 Å². The van der Waals surface area contributed by atoms with Gasteiger partial charge in [0.1, 0.15) is 0 Å². The van der Waals surface area contributed by atoms with Crippen molar-refractivity contribution in [3.8, 4) is 0 Å². The van der Waals surface area contributed by atoms with Crippen LogP contribution < -0.4 is 0 Å². The standard InChI is InChI=1S/C16H18O3/c1-9-8-12-14(18)13(17)10-6-4-5-7-11(10)15(12)19-16(9,2)3/h4-7,9,12,15H,8H2,1-3H3. The molecule has 1 heterocycles. The summed E-state index contributed by atoms with van der Waals surface area (Å²) in [5.74, 6) is -0.695. The van der Waals surface area contributed by atoms with Crippen LogP contribution in [0.1, 0.15) is 49.2 Å². The Bertz CT molecular complexity index is 559. The lowest BCUT2D eigenvalue weighted by Gasteiger charge is -2.46. The van der Waals surface area contributed by atoms with E-state index in [9.17, 15) is 9.59 Å². The van der Waals surface area contributed by atoms with Crippen LogP contribution in [0, 0.1) is 11.8 Å². The average Bonchev–Trinajstić information content (AvgIpc) is 2.38. The molecule has 0 aromatic heterocycles. The van der Waals surface area contributed by atoms with Crippen LogP contribution in [0.15, 0.2) is 24.3 Å². The largest absolute Gasteiger partial charge is 0.367 e. The highest BCUT2D eigenvalue weighted by molar-refractivity contribution is 6.45. The first-order chi connectivity index (χ1) is 8.92. The third-order valence-corrected chi connectivity index (χ3v) is 4.66. The Morgan fingerprint density at radius 3 is 2.63 bits per heavy atom. The molecule has 0 spiro atoms. The van der Waals surface area contributed by atoms with Crippen molar-refractivity contribution in [2.24, 2.45) is 11.8 Å². The summed E-state index contributed by atoms with van der Waals surface area (Å²) in [7, 11) is 0. The average molecular weight is 258 g/mol. The summed E-state index contributed by atoms with van der Waals surface area (Å²) < 4.78 is 6.16. The number of carbonyl (C=O) groups is 2. The SMILES string of the molecule is CC1CC2C(=O)C(=O)c3ccccc3C2OC1(C)C. The van der Waals surface area contributed by atoms with Crippen molar-refractivity contribution in [2.75, 3.05) is 0 Å². The molecule has 0 bridgehead atoms. The molecule has 2 aliphatic rings. The normalized spacial score (nSPS) is 32.7.